The molecular weight excluding hydrogens is 304 g/mol. The fourth-order valence-corrected chi connectivity index (χ4v) is 3.51. The summed E-state index contributed by atoms with van der Waals surface area (Å²) in [5, 5.41) is 10.8. The van der Waals surface area contributed by atoms with Gasteiger partial charge in [-0.25, -0.2) is 0 Å². The van der Waals surface area contributed by atoms with Crippen molar-refractivity contribution in [2.45, 2.75) is 31.0 Å². The van der Waals surface area contributed by atoms with E-state index in [-0.39, 0.29) is 5.91 Å². The van der Waals surface area contributed by atoms with E-state index in [4.69, 9.17) is 4.74 Å². The maximum Gasteiger partial charge on any atom is 0.263 e. The van der Waals surface area contributed by atoms with Gasteiger partial charge in [-0.2, -0.15) is 0 Å². The van der Waals surface area contributed by atoms with Gasteiger partial charge in [0, 0.05) is 25.7 Å². The Labute approximate surface area is 140 Å². The van der Waals surface area contributed by atoms with E-state index in [2.05, 4.69) is 4.98 Å². The summed E-state index contributed by atoms with van der Waals surface area (Å²) >= 11 is 0. The summed E-state index contributed by atoms with van der Waals surface area (Å²) in [4.78, 5) is 18.8. The highest BCUT2D eigenvalue weighted by molar-refractivity contribution is 5.82. The molecule has 5 nitrogen and oxygen atoms in total. The summed E-state index contributed by atoms with van der Waals surface area (Å²) < 4.78 is 5.79. The van der Waals surface area contributed by atoms with Gasteiger partial charge in [-0.05, 0) is 36.6 Å². The zero-order valence-corrected chi connectivity index (χ0v) is 13.4. The molecule has 2 aromatic rings. The molecule has 0 bridgehead atoms. The Hall–Kier alpha value is -2.40. The molecule has 0 saturated carbocycles. The first-order valence-corrected chi connectivity index (χ1v) is 8.33. The number of ether oxygens (including phenoxy) is 1. The molecule has 24 heavy (non-hydrogen) atoms. The van der Waals surface area contributed by atoms with Crippen molar-refractivity contribution in [3.63, 3.8) is 0 Å². The summed E-state index contributed by atoms with van der Waals surface area (Å²) in [5.74, 6) is 0.812. The van der Waals surface area contributed by atoms with Crippen LogP contribution in [0.25, 0.3) is 0 Å². The van der Waals surface area contributed by atoms with Gasteiger partial charge in [0.05, 0.1) is 5.69 Å². The molecule has 1 unspecified atom stereocenters. The number of pyridine rings is 1. The number of amides is 1. The van der Waals surface area contributed by atoms with Gasteiger partial charge in [-0.15, -0.1) is 0 Å². The third-order valence-electron chi connectivity index (χ3n) is 4.97. The number of benzene rings is 1. The van der Waals surface area contributed by atoms with Crippen LogP contribution < -0.4 is 4.74 Å². The molecule has 1 amide bonds. The fraction of sp³-hybridized carbons (Fsp3) is 0.368. The van der Waals surface area contributed by atoms with Crippen molar-refractivity contribution in [3.8, 4) is 5.75 Å². The number of para-hydroxylation sites is 1. The smallest absolute Gasteiger partial charge is 0.263 e. The van der Waals surface area contributed by atoms with Crippen molar-refractivity contribution in [2.24, 2.45) is 0 Å². The van der Waals surface area contributed by atoms with E-state index >= 15 is 0 Å². The summed E-state index contributed by atoms with van der Waals surface area (Å²) in [6, 6.07) is 13.3. The summed E-state index contributed by atoms with van der Waals surface area (Å²) in [6.45, 7) is 1.03. The van der Waals surface area contributed by atoms with Gasteiger partial charge in [0.1, 0.15) is 11.4 Å². The Balaban J connectivity index is 1.41. The lowest BCUT2D eigenvalue weighted by Gasteiger charge is -2.38. The van der Waals surface area contributed by atoms with Crippen molar-refractivity contribution >= 4 is 5.91 Å². The molecule has 4 rings (SSSR count). The normalized spacial score (nSPS) is 21.9. The topological polar surface area (TPSA) is 62.7 Å². The van der Waals surface area contributed by atoms with Gasteiger partial charge in [0.25, 0.3) is 5.91 Å². The highest BCUT2D eigenvalue weighted by Crippen LogP contribution is 2.33. The van der Waals surface area contributed by atoms with Crippen LogP contribution in [0.15, 0.2) is 48.7 Å². The van der Waals surface area contributed by atoms with E-state index in [1.165, 1.54) is 0 Å². The molecule has 1 N–H and O–H groups in total. The summed E-state index contributed by atoms with van der Waals surface area (Å²) in [6.07, 6.45) is 2.86. The van der Waals surface area contributed by atoms with E-state index in [9.17, 15) is 9.90 Å². The first-order valence-electron chi connectivity index (χ1n) is 8.33. The van der Waals surface area contributed by atoms with Crippen LogP contribution in [0.4, 0.5) is 0 Å². The van der Waals surface area contributed by atoms with Crippen LogP contribution in [0, 0.1) is 0 Å². The first kappa shape index (κ1) is 15.1. The van der Waals surface area contributed by atoms with Gasteiger partial charge < -0.3 is 14.7 Å². The largest absolute Gasteiger partial charge is 0.480 e. The van der Waals surface area contributed by atoms with Crippen molar-refractivity contribution in [1.29, 1.82) is 0 Å². The number of carbonyl (C=O) groups excluding carboxylic acids is 1. The van der Waals surface area contributed by atoms with E-state index in [1.54, 1.807) is 11.1 Å². The van der Waals surface area contributed by atoms with Crippen LogP contribution >= 0.6 is 0 Å². The highest BCUT2D eigenvalue weighted by Gasteiger charge is 2.39. The van der Waals surface area contributed by atoms with Crippen LogP contribution in [0.2, 0.25) is 0 Å². The lowest BCUT2D eigenvalue weighted by atomic mass is 9.87. The standard InChI is InChI=1S/C19H20N2O3/c22-18(16-13-14-5-1-2-6-15(14)24-16)21-11-8-19(23,9-12-21)17-7-3-4-10-20-17/h1-7,10,16,23H,8-9,11-13H2. The van der Waals surface area contributed by atoms with Gasteiger partial charge in [-0.1, -0.05) is 24.3 Å². The van der Waals surface area contributed by atoms with Crippen LogP contribution in [0.3, 0.4) is 0 Å². The molecule has 1 fully saturated rings. The Kier molecular flexibility index (Phi) is 3.73. The average Bonchev–Trinajstić information content (AvgIpc) is 3.07. The number of aromatic nitrogens is 1. The Morgan fingerprint density at radius 1 is 1.17 bits per heavy atom. The van der Waals surface area contributed by atoms with Crippen molar-refractivity contribution in [3.05, 3.63) is 59.9 Å². The van der Waals surface area contributed by atoms with Crippen LogP contribution in [-0.4, -0.2) is 40.1 Å². The van der Waals surface area contributed by atoms with E-state index in [0.29, 0.717) is 38.0 Å². The molecule has 1 saturated heterocycles. The van der Waals surface area contributed by atoms with Gasteiger partial charge in [0.15, 0.2) is 6.10 Å². The Morgan fingerprint density at radius 3 is 2.62 bits per heavy atom. The van der Waals surface area contributed by atoms with Gasteiger partial charge in [-0.3, -0.25) is 9.78 Å². The average molecular weight is 324 g/mol. The number of piperidine rings is 1. The lowest BCUT2D eigenvalue weighted by Crippen LogP contribution is -2.49. The molecule has 0 radical (unpaired) electrons. The molecule has 0 aliphatic carbocycles. The minimum absolute atomic E-state index is 0.00858. The Bertz CT molecular complexity index is 714. The minimum Gasteiger partial charge on any atom is -0.480 e. The molecule has 1 atom stereocenters. The van der Waals surface area contributed by atoms with E-state index in [0.717, 1.165) is 11.3 Å². The van der Waals surface area contributed by atoms with Crippen molar-refractivity contribution in [2.75, 3.05) is 13.1 Å². The number of fused-ring (bicyclic) bond motifs is 1. The van der Waals surface area contributed by atoms with Crippen molar-refractivity contribution in [1.82, 2.24) is 9.88 Å². The number of likely N-dealkylation sites (tertiary alicyclic amines) is 1. The molecule has 2 aliphatic heterocycles. The van der Waals surface area contributed by atoms with Gasteiger partial charge in [0.2, 0.25) is 0 Å². The molecular formula is C19H20N2O3. The van der Waals surface area contributed by atoms with E-state index < -0.39 is 11.7 Å². The van der Waals surface area contributed by atoms with E-state index in [1.807, 2.05) is 42.5 Å². The molecule has 3 heterocycles. The number of rotatable bonds is 2. The summed E-state index contributed by atoms with van der Waals surface area (Å²) in [7, 11) is 0. The van der Waals surface area contributed by atoms with Crippen LogP contribution in [-0.2, 0) is 16.8 Å². The minimum atomic E-state index is -0.947. The second-order valence-electron chi connectivity index (χ2n) is 6.49. The molecule has 5 heteroatoms. The number of nitrogens with zero attached hydrogens (tertiary/aromatic N) is 2. The second-order valence-corrected chi connectivity index (χ2v) is 6.49. The zero-order valence-electron chi connectivity index (χ0n) is 13.4. The maximum atomic E-state index is 12.7. The monoisotopic (exact) mass is 324 g/mol. The SMILES string of the molecule is O=C(C1Cc2ccccc2O1)N1CCC(O)(c2ccccn2)CC1. The quantitative estimate of drug-likeness (QED) is 0.916. The predicted octanol–water partition coefficient (Wildman–Crippen LogP) is 1.90. The second kappa shape index (κ2) is 5.91. The fourth-order valence-electron chi connectivity index (χ4n) is 3.51. The van der Waals surface area contributed by atoms with Crippen LogP contribution in [0.5, 0.6) is 5.75 Å². The molecule has 124 valence electrons. The number of hydrogen-bond donors (Lipinski definition) is 1. The molecule has 1 aromatic carbocycles. The summed E-state index contributed by atoms with van der Waals surface area (Å²) in [5.41, 5.74) is 0.817. The molecule has 2 aliphatic rings. The van der Waals surface area contributed by atoms with Gasteiger partial charge >= 0.3 is 0 Å². The number of hydrogen-bond acceptors (Lipinski definition) is 4. The maximum absolute atomic E-state index is 12.7. The predicted molar refractivity (Wildman–Crippen MR) is 88.5 cm³/mol. The highest BCUT2D eigenvalue weighted by atomic mass is 16.5. The third-order valence-corrected chi connectivity index (χ3v) is 4.97. The molecule has 1 aromatic heterocycles. The third kappa shape index (κ3) is 2.65. The first-order chi connectivity index (χ1) is 11.7. The van der Waals surface area contributed by atoms with Crippen molar-refractivity contribution < 1.29 is 14.6 Å². The Morgan fingerprint density at radius 2 is 1.92 bits per heavy atom. The number of aliphatic hydroxyl groups is 1. The lowest BCUT2D eigenvalue weighted by molar-refractivity contribution is -0.142. The zero-order chi connectivity index (χ0) is 16.6. The number of carbonyl (C=O) groups is 1. The van der Waals surface area contributed by atoms with Crippen LogP contribution in [0.1, 0.15) is 24.1 Å². The molecule has 0 spiro atoms.